The molecule has 1 aromatic rings. The summed E-state index contributed by atoms with van der Waals surface area (Å²) in [6, 6.07) is 0.570. The molecule has 0 aromatic carbocycles. The Morgan fingerprint density at radius 2 is 2.19 bits per heavy atom. The number of nitrogens with one attached hydrogen (secondary N) is 1. The lowest BCUT2D eigenvalue weighted by Gasteiger charge is -2.27. The normalized spacial score (nSPS) is 20.6. The number of hydrogen-bond donors (Lipinski definition) is 1. The molecule has 0 bridgehead atoms. The Bertz CT molecular complexity index is 473. The Kier molecular flexibility index (Phi) is 5.59. The van der Waals surface area contributed by atoms with Gasteiger partial charge in [0.05, 0.1) is 12.8 Å². The van der Waals surface area contributed by atoms with E-state index in [2.05, 4.69) is 36.0 Å². The quantitative estimate of drug-likeness (QED) is 0.925. The van der Waals surface area contributed by atoms with Crippen LogP contribution in [0.2, 0.25) is 0 Å². The van der Waals surface area contributed by atoms with Crippen molar-refractivity contribution in [2.45, 2.75) is 46.7 Å². The van der Waals surface area contributed by atoms with Gasteiger partial charge in [0.1, 0.15) is 5.75 Å². The second-order valence-electron chi connectivity index (χ2n) is 6.44. The summed E-state index contributed by atoms with van der Waals surface area (Å²) in [6.07, 6.45) is 3.13. The van der Waals surface area contributed by atoms with Gasteiger partial charge in [-0.05, 0) is 39.3 Å². The molecule has 0 spiro atoms. The molecule has 1 atom stereocenters. The highest BCUT2D eigenvalue weighted by atomic mass is 16.5. The lowest BCUT2D eigenvalue weighted by molar-refractivity contribution is 0.235. The highest BCUT2D eigenvalue weighted by Gasteiger charge is 2.21. The van der Waals surface area contributed by atoms with Gasteiger partial charge in [0.2, 0.25) is 0 Å². The number of aryl methyl sites for hydroxylation is 1. The van der Waals surface area contributed by atoms with Crippen LogP contribution in [0, 0.1) is 19.8 Å². The van der Waals surface area contributed by atoms with E-state index in [9.17, 15) is 0 Å². The summed E-state index contributed by atoms with van der Waals surface area (Å²) < 4.78 is 5.52. The molecule has 1 fully saturated rings. The number of hydrogen-bond acceptors (Lipinski definition) is 4. The average Bonchev–Trinajstić information content (AvgIpc) is 2.68. The van der Waals surface area contributed by atoms with Crippen LogP contribution in [0.1, 0.15) is 37.1 Å². The summed E-state index contributed by atoms with van der Waals surface area (Å²) in [5, 5.41) is 3.66. The van der Waals surface area contributed by atoms with Crippen LogP contribution in [0.25, 0.3) is 0 Å². The summed E-state index contributed by atoms with van der Waals surface area (Å²) in [5.74, 6) is 1.64. The molecule has 0 radical (unpaired) electrons. The van der Waals surface area contributed by atoms with Crippen molar-refractivity contribution >= 4 is 0 Å². The number of aromatic nitrogens is 1. The standard InChI is InChI=1S/C17H29N3O/c1-12(2)15-10-20(8-6-7-18-15)11-16-14(4)17(21-5)13(3)9-19-16/h9,12,15,18H,6-8,10-11H2,1-5H3. The van der Waals surface area contributed by atoms with Crippen LogP contribution in [0.15, 0.2) is 6.20 Å². The molecule has 118 valence electrons. The van der Waals surface area contributed by atoms with Crippen molar-refractivity contribution < 1.29 is 4.74 Å². The first-order valence-electron chi connectivity index (χ1n) is 7.97. The van der Waals surface area contributed by atoms with Gasteiger partial charge in [0.15, 0.2) is 0 Å². The molecular formula is C17H29N3O. The maximum atomic E-state index is 5.52. The van der Waals surface area contributed by atoms with Crippen molar-refractivity contribution in [1.29, 1.82) is 0 Å². The van der Waals surface area contributed by atoms with E-state index >= 15 is 0 Å². The third-order valence-corrected chi connectivity index (χ3v) is 4.44. The topological polar surface area (TPSA) is 37.4 Å². The smallest absolute Gasteiger partial charge is 0.128 e. The van der Waals surface area contributed by atoms with Crippen molar-refractivity contribution in [3.05, 3.63) is 23.0 Å². The molecular weight excluding hydrogens is 262 g/mol. The third kappa shape index (κ3) is 3.95. The molecule has 0 saturated carbocycles. The molecule has 4 nitrogen and oxygen atoms in total. The minimum Gasteiger partial charge on any atom is -0.496 e. The zero-order chi connectivity index (χ0) is 15.4. The molecule has 4 heteroatoms. The molecule has 0 aliphatic carbocycles. The third-order valence-electron chi connectivity index (χ3n) is 4.44. The van der Waals surface area contributed by atoms with Crippen LogP contribution < -0.4 is 10.1 Å². The van der Waals surface area contributed by atoms with E-state index < -0.39 is 0 Å². The molecule has 1 N–H and O–H groups in total. The Balaban J connectivity index is 2.13. The van der Waals surface area contributed by atoms with E-state index in [0.29, 0.717) is 12.0 Å². The molecule has 1 aliphatic rings. The number of nitrogens with zero attached hydrogens (tertiary/aromatic N) is 2. The van der Waals surface area contributed by atoms with Gasteiger partial charge >= 0.3 is 0 Å². The van der Waals surface area contributed by atoms with Crippen molar-refractivity contribution in [2.24, 2.45) is 5.92 Å². The monoisotopic (exact) mass is 291 g/mol. The van der Waals surface area contributed by atoms with Crippen LogP contribution >= 0.6 is 0 Å². The minimum absolute atomic E-state index is 0.570. The van der Waals surface area contributed by atoms with Crippen molar-refractivity contribution in [3.63, 3.8) is 0 Å². The van der Waals surface area contributed by atoms with E-state index in [-0.39, 0.29) is 0 Å². The van der Waals surface area contributed by atoms with Gasteiger partial charge in [-0.3, -0.25) is 9.88 Å². The van der Waals surface area contributed by atoms with Gasteiger partial charge in [-0.1, -0.05) is 13.8 Å². The molecule has 1 aromatic heterocycles. The SMILES string of the molecule is COc1c(C)cnc(CN2CCCNC(C(C)C)C2)c1C. The lowest BCUT2D eigenvalue weighted by atomic mass is 10.0. The van der Waals surface area contributed by atoms with Gasteiger partial charge in [-0.25, -0.2) is 0 Å². The van der Waals surface area contributed by atoms with E-state index in [1.165, 1.54) is 12.0 Å². The predicted octanol–water partition coefficient (Wildman–Crippen LogP) is 2.53. The summed E-state index contributed by atoms with van der Waals surface area (Å²) >= 11 is 0. The first-order valence-corrected chi connectivity index (χ1v) is 7.97. The first kappa shape index (κ1) is 16.2. The van der Waals surface area contributed by atoms with Gasteiger partial charge in [-0.2, -0.15) is 0 Å². The summed E-state index contributed by atoms with van der Waals surface area (Å²) in [4.78, 5) is 7.16. The lowest BCUT2D eigenvalue weighted by Crippen LogP contribution is -2.41. The maximum absolute atomic E-state index is 5.52. The molecule has 21 heavy (non-hydrogen) atoms. The number of methoxy groups -OCH3 is 1. The zero-order valence-electron chi connectivity index (χ0n) is 14.1. The fraction of sp³-hybridized carbons (Fsp3) is 0.706. The summed E-state index contributed by atoms with van der Waals surface area (Å²) in [6.45, 7) is 13.0. The first-order chi connectivity index (χ1) is 10.0. The van der Waals surface area contributed by atoms with Gasteiger partial charge < -0.3 is 10.1 Å². The Morgan fingerprint density at radius 1 is 1.43 bits per heavy atom. The highest BCUT2D eigenvalue weighted by Crippen LogP contribution is 2.25. The molecule has 2 rings (SSSR count). The molecule has 1 unspecified atom stereocenters. The number of ether oxygens (including phenoxy) is 1. The molecule has 0 amide bonds. The van der Waals surface area contributed by atoms with Gasteiger partial charge in [0, 0.05) is 36.5 Å². The van der Waals surface area contributed by atoms with E-state index in [1.54, 1.807) is 7.11 Å². The molecule has 2 heterocycles. The van der Waals surface area contributed by atoms with Crippen LogP contribution in [0.4, 0.5) is 0 Å². The molecule has 1 saturated heterocycles. The van der Waals surface area contributed by atoms with Crippen molar-refractivity contribution in [3.8, 4) is 5.75 Å². The summed E-state index contributed by atoms with van der Waals surface area (Å²) in [7, 11) is 1.74. The van der Waals surface area contributed by atoms with Gasteiger partial charge in [-0.15, -0.1) is 0 Å². The fourth-order valence-corrected chi connectivity index (χ4v) is 3.06. The van der Waals surface area contributed by atoms with Crippen molar-refractivity contribution in [1.82, 2.24) is 15.2 Å². The van der Waals surface area contributed by atoms with Gasteiger partial charge in [0.25, 0.3) is 0 Å². The van der Waals surface area contributed by atoms with E-state index in [4.69, 9.17) is 4.74 Å². The Hall–Kier alpha value is -1.13. The van der Waals surface area contributed by atoms with E-state index in [0.717, 1.165) is 43.2 Å². The summed E-state index contributed by atoms with van der Waals surface area (Å²) in [5.41, 5.74) is 3.42. The minimum atomic E-state index is 0.570. The maximum Gasteiger partial charge on any atom is 0.128 e. The fourth-order valence-electron chi connectivity index (χ4n) is 3.06. The second-order valence-corrected chi connectivity index (χ2v) is 6.44. The van der Waals surface area contributed by atoms with Crippen LogP contribution in [-0.2, 0) is 6.54 Å². The molecule has 1 aliphatic heterocycles. The van der Waals surface area contributed by atoms with Crippen LogP contribution in [0.5, 0.6) is 5.75 Å². The second kappa shape index (κ2) is 7.23. The Labute approximate surface area is 128 Å². The largest absolute Gasteiger partial charge is 0.496 e. The Morgan fingerprint density at radius 3 is 2.86 bits per heavy atom. The predicted molar refractivity (Wildman–Crippen MR) is 86.8 cm³/mol. The average molecular weight is 291 g/mol. The number of rotatable bonds is 4. The van der Waals surface area contributed by atoms with Crippen LogP contribution in [-0.4, -0.2) is 42.7 Å². The van der Waals surface area contributed by atoms with Crippen molar-refractivity contribution in [2.75, 3.05) is 26.7 Å². The highest BCUT2D eigenvalue weighted by molar-refractivity contribution is 5.41. The van der Waals surface area contributed by atoms with E-state index in [1.807, 2.05) is 13.1 Å². The zero-order valence-corrected chi connectivity index (χ0v) is 14.1. The van der Waals surface area contributed by atoms with Crippen LogP contribution in [0.3, 0.4) is 0 Å². The number of pyridine rings is 1.